The zero-order valence-corrected chi connectivity index (χ0v) is 9.18. The molecule has 1 aromatic carbocycles. The second-order valence-electron chi connectivity index (χ2n) is 4.46. The molecule has 17 heavy (non-hydrogen) atoms. The van der Waals surface area contributed by atoms with Gasteiger partial charge in [0, 0.05) is 11.3 Å². The van der Waals surface area contributed by atoms with Gasteiger partial charge >= 0.3 is 0 Å². The first-order valence-corrected chi connectivity index (χ1v) is 5.81. The van der Waals surface area contributed by atoms with E-state index in [2.05, 4.69) is 15.2 Å². The lowest BCUT2D eigenvalue weighted by atomic mass is 10.2. The van der Waals surface area contributed by atoms with Crippen LogP contribution in [0.2, 0.25) is 0 Å². The molecule has 4 heteroatoms. The van der Waals surface area contributed by atoms with E-state index in [0.717, 1.165) is 28.2 Å². The second-order valence-corrected chi connectivity index (χ2v) is 4.46. The smallest absolute Gasteiger partial charge is 0.185 e. The number of nitrogens with zero attached hydrogens (tertiary/aromatic N) is 2. The van der Waals surface area contributed by atoms with Gasteiger partial charge in [-0.05, 0) is 18.9 Å². The van der Waals surface area contributed by atoms with Crippen LogP contribution >= 0.6 is 0 Å². The van der Waals surface area contributed by atoms with Gasteiger partial charge in [0.05, 0.1) is 5.56 Å². The van der Waals surface area contributed by atoms with E-state index in [9.17, 15) is 0 Å². The normalized spacial score (nSPS) is 15.5. The van der Waals surface area contributed by atoms with Crippen LogP contribution in [0.15, 0.2) is 34.9 Å². The van der Waals surface area contributed by atoms with Gasteiger partial charge in [-0.3, -0.25) is 5.10 Å². The molecule has 0 unspecified atom stereocenters. The van der Waals surface area contributed by atoms with E-state index in [1.165, 1.54) is 12.8 Å². The molecule has 0 spiro atoms. The summed E-state index contributed by atoms with van der Waals surface area (Å²) in [4.78, 5) is 4.54. The van der Waals surface area contributed by atoms with Crippen molar-refractivity contribution in [3.05, 3.63) is 36.4 Å². The number of aromatic nitrogens is 3. The van der Waals surface area contributed by atoms with Crippen molar-refractivity contribution in [3.63, 3.8) is 0 Å². The van der Waals surface area contributed by atoms with E-state index in [1.807, 2.05) is 24.3 Å². The van der Waals surface area contributed by atoms with Crippen LogP contribution < -0.4 is 0 Å². The highest BCUT2D eigenvalue weighted by Crippen LogP contribution is 2.39. The molecule has 4 nitrogen and oxygen atoms in total. The standard InChI is InChI=1S/C13H11N3O/c1-2-4-11-9(3-1)10(7-17-11)13-14-12(15-16-13)8-5-6-8/h1-4,7-8H,5-6H2,(H,14,15,16). The highest BCUT2D eigenvalue weighted by Gasteiger charge is 2.27. The van der Waals surface area contributed by atoms with Crippen LogP contribution in [0, 0.1) is 0 Å². The Kier molecular flexibility index (Phi) is 1.69. The van der Waals surface area contributed by atoms with Crippen molar-refractivity contribution in [2.24, 2.45) is 0 Å². The summed E-state index contributed by atoms with van der Waals surface area (Å²) < 4.78 is 5.49. The van der Waals surface area contributed by atoms with Crippen molar-refractivity contribution >= 4 is 11.0 Å². The van der Waals surface area contributed by atoms with Gasteiger partial charge in [-0.15, -0.1) is 0 Å². The van der Waals surface area contributed by atoms with Crippen molar-refractivity contribution in [1.29, 1.82) is 0 Å². The topological polar surface area (TPSA) is 54.7 Å². The Morgan fingerprint density at radius 2 is 2.12 bits per heavy atom. The van der Waals surface area contributed by atoms with Crippen LogP contribution in [0.25, 0.3) is 22.4 Å². The SMILES string of the molecule is c1ccc2c(-c3n[nH]c(C4CC4)n3)coc2c1. The zero-order valence-electron chi connectivity index (χ0n) is 9.18. The molecule has 1 saturated carbocycles. The van der Waals surface area contributed by atoms with E-state index in [1.54, 1.807) is 6.26 Å². The number of rotatable bonds is 2. The van der Waals surface area contributed by atoms with Crippen LogP contribution in [0.3, 0.4) is 0 Å². The summed E-state index contributed by atoms with van der Waals surface area (Å²) in [6.07, 6.45) is 4.17. The van der Waals surface area contributed by atoms with Crippen molar-refractivity contribution in [2.45, 2.75) is 18.8 Å². The number of para-hydroxylation sites is 1. The lowest BCUT2D eigenvalue weighted by Gasteiger charge is -1.89. The van der Waals surface area contributed by atoms with Crippen LogP contribution in [0.1, 0.15) is 24.6 Å². The Morgan fingerprint density at radius 1 is 1.24 bits per heavy atom. The minimum absolute atomic E-state index is 0.592. The van der Waals surface area contributed by atoms with E-state index in [-0.39, 0.29) is 0 Å². The summed E-state index contributed by atoms with van der Waals surface area (Å²) in [5.74, 6) is 2.33. The van der Waals surface area contributed by atoms with Gasteiger partial charge < -0.3 is 4.42 Å². The largest absolute Gasteiger partial charge is 0.464 e. The first-order chi connectivity index (χ1) is 8.42. The summed E-state index contributed by atoms with van der Waals surface area (Å²) >= 11 is 0. The number of benzene rings is 1. The van der Waals surface area contributed by atoms with E-state index in [0.29, 0.717) is 5.92 Å². The predicted molar refractivity (Wildman–Crippen MR) is 63.6 cm³/mol. The molecule has 1 fully saturated rings. The molecule has 1 N–H and O–H groups in total. The number of hydrogen-bond donors (Lipinski definition) is 1. The van der Waals surface area contributed by atoms with Crippen molar-refractivity contribution in [1.82, 2.24) is 15.2 Å². The molecule has 2 aromatic heterocycles. The molecule has 4 rings (SSSR count). The Bertz CT molecular complexity index is 679. The number of furan rings is 1. The van der Waals surface area contributed by atoms with E-state index >= 15 is 0 Å². The molecule has 0 saturated heterocycles. The molecular weight excluding hydrogens is 214 g/mol. The minimum atomic E-state index is 0.592. The number of aromatic amines is 1. The van der Waals surface area contributed by atoms with E-state index in [4.69, 9.17) is 4.42 Å². The molecule has 3 aromatic rings. The maximum Gasteiger partial charge on any atom is 0.185 e. The zero-order chi connectivity index (χ0) is 11.2. The van der Waals surface area contributed by atoms with Gasteiger partial charge in [-0.1, -0.05) is 18.2 Å². The van der Waals surface area contributed by atoms with Crippen molar-refractivity contribution in [3.8, 4) is 11.4 Å². The summed E-state index contributed by atoms with van der Waals surface area (Å²) in [5, 5.41) is 8.36. The Morgan fingerprint density at radius 3 is 3.00 bits per heavy atom. The average molecular weight is 225 g/mol. The third-order valence-corrected chi connectivity index (χ3v) is 3.19. The summed E-state index contributed by atoms with van der Waals surface area (Å²) in [6.45, 7) is 0. The van der Waals surface area contributed by atoms with Gasteiger partial charge in [-0.25, -0.2) is 4.98 Å². The Hall–Kier alpha value is -2.10. The number of hydrogen-bond acceptors (Lipinski definition) is 3. The first-order valence-electron chi connectivity index (χ1n) is 5.81. The van der Waals surface area contributed by atoms with Crippen LogP contribution in [-0.2, 0) is 0 Å². The molecule has 0 aliphatic heterocycles. The average Bonchev–Trinajstić information content (AvgIpc) is 2.95. The fourth-order valence-electron chi connectivity index (χ4n) is 2.09. The minimum Gasteiger partial charge on any atom is -0.464 e. The molecule has 0 amide bonds. The van der Waals surface area contributed by atoms with Crippen LogP contribution in [0.5, 0.6) is 0 Å². The molecule has 0 bridgehead atoms. The Labute approximate surface area is 97.7 Å². The highest BCUT2D eigenvalue weighted by molar-refractivity contribution is 5.91. The molecule has 1 aliphatic carbocycles. The lowest BCUT2D eigenvalue weighted by molar-refractivity contribution is 0.616. The fraction of sp³-hybridized carbons (Fsp3) is 0.231. The molecule has 0 atom stereocenters. The van der Waals surface area contributed by atoms with Crippen molar-refractivity contribution < 1.29 is 4.42 Å². The monoisotopic (exact) mass is 225 g/mol. The van der Waals surface area contributed by atoms with Crippen LogP contribution in [0.4, 0.5) is 0 Å². The maximum atomic E-state index is 5.49. The number of nitrogens with one attached hydrogen (secondary N) is 1. The molecule has 84 valence electrons. The molecular formula is C13H11N3O. The summed E-state index contributed by atoms with van der Waals surface area (Å²) in [6, 6.07) is 7.94. The van der Waals surface area contributed by atoms with E-state index < -0.39 is 0 Å². The Balaban J connectivity index is 1.86. The summed E-state index contributed by atoms with van der Waals surface area (Å²) in [5.41, 5.74) is 1.84. The highest BCUT2D eigenvalue weighted by atomic mass is 16.3. The predicted octanol–water partition coefficient (Wildman–Crippen LogP) is 3.10. The lowest BCUT2D eigenvalue weighted by Crippen LogP contribution is -1.81. The van der Waals surface area contributed by atoms with Gasteiger partial charge in [0.15, 0.2) is 5.82 Å². The second kappa shape index (κ2) is 3.20. The van der Waals surface area contributed by atoms with Gasteiger partial charge in [0.1, 0.15) is 17.7 Å². The maximum absolute atomic E-state index is 5.49. The summed E-state index contributed by atoms with van der Waals surface area (Å²) in [7, 11) is 0. The third kappa shape index (κ3) is 1.37. The van der Waals surface area contributed by atoms with Crippen molar-refractivity contribution in [2.75, 3.05) is 0 Å². The quantitative estimate of drug-likeness (QED) is 0.729. The third-order valence-electron chi connectivity index (χ3n) is 3.19. The van der Waals surface area contributed by atoms with Gasteiger partial charge in [0.25, 0.3) is 0 Å². The number of fused-ring (bicyclic) bond motifs is 1. The molecule has 2 heterocycles. The molecule has 0 radical (unpaired) electrons. The van der Waals surface area contributed by atoms with Gasteiger partial charge in [-0.2, -0.15) is 5.10 Å². The number of H-pyrrole nitrogens is 1. The van der Waals surface area contributed by atoms with Gasteiger partial charge in [0.2, 0.25) is 0 Å². The van der Waals surface area contributed by atoms with Crippen LogP contribution in [-0.4, -0.2) is 15.2 Å². The first kappa shape index (κ1) is 8.98. The fourth-order valence-corrected chi connectivity index (χ4v) is 2.09. The molecule has 1 aliphatic rings.